The van der Waals surface area contributed by atoms with Gasteiger partial charge in [0.15, 0.2) is 0 Å². The summed E-state index contributed by atoms with van der Waals surface area (Å²) in [6.07, 6.45) is 0. The van der Waals surface area contributed by atoms with Crippen LogP contribution >= 0.6 is 0 Å². The number of halogens is 1. The molecule has 0 unspecified atom stereocenters. The number of para-hydroxylation sites is 1. The number of aromatic nitrogens is 2. The Balaban J connectivity index is 2.15. The molecule has 3 rings (SSSR count). The minimum atomic E-state index is -0.589. The van der Waals surface area contributed by atoms with Crippen LogP contribution in [-0.2, 0) is 0 Å². The highest BCUT2D eigenvalue weighted by atomic mass is 19.1. The summed E-state index contributed by atoms with van der Waals surface area (Å²) in [7, 11) is 0. The Hall–Kier alpha value is -3.20. The van der Waals surface area contributed by atoms with E-state index in [1.807, 2.05) is 24.3 Å². The summed E-state index contributed by atoms with van der Waals surface area (Å²) in [6.45, 7) is 0. The Morgan fingerprint density at radius 2 is 1.90 bits per heavy atom. The zero-order valence-electron chi connectivity index (χ0n) is 10.8. The second kappa shape index (κ2) is 5.06. The molecule has 0 fully saturated rings. The van der Waals surface area contributed by atoms with Crippen molar-refractivity contribution in [3.05, 3.63) is 53.8 Å². The maximum atomic E-state index is 13.6. The average Bonchev–Trinajstić information content (AvgIpc) is 2.47. The molecule has 21 heavy (non-hydrogen) atoms. The normalized spacial score (nSPS) is 10.3. The van der Waals surface area contributed by atoms with E-state index in [0.29, 0.717) is 17.0 Å². The number of nitrogens with zero attached hydrogens (tertiary/aromatic N) is 3. The van der Waals surface area contributed by atoms with Gasteiger partial charge in [0.05, 0.1) is 11.2 Å². The van der Waals surface area contributed by atoms with E-state index in [1.54, 1.807) is 12.1 Å². The van der Waals surface area contributed by atoms with Gasteiger partial charge in [0.1, 0.15) is 23.3 Å². The molecule has 0 saturated heterocycles. The van der Waals surface area contributed by atoms with Crippen molar-refractivity contribution in [3.8, 4) is 6.07 Å². The monoisotopic (exact) mass is 279 g/mol. The molecule has 1 aromatic heterocycles. The summed E-state index contributed by atoms with van der Waals surface area (Å²) >= 11 is 0. The van der Waals surface area contributed by atoms with E-state index in [9.17, 15) is 4.39 Å². The Labute approximate surface area is 119 Å². The number of nitrogens with two attached hydrogens (primary N) is 1. The van der Waals surface area contributed by atoms with E-state index >= 15 is 0 Å². The molecular formula is C15H10FN5. The molecule has 1 heterocycles. The predicted octanol–water partition coefficient (Wildman–Crippen LogP) is 2.97. The number of benzene rings is 2. The first kappa shape index (κ1) is 12.8. The van der Waals surface area contributed by atoms with E-state index in [0.717, 1.165) is 5.39 Å². The number of nitriles is 1. The maximum absolute atomic E-state index is 13.6. The molecule has 0 aliphatic carbocycles. The summed E-state index contributed by atoms with van der Waals surface area (Å²) < 4.78 is 13.6. The molecular weight excluding hydrogens is 269 g/mol. The summed E-state index contributed by atoms with van der Waals surface area (Å²) in [5.41, 5.74) is 6.61. The minimum absolute atomic E-state index is 0.0706. The number of hydrogen-bond donors (Lipinski definition) is 2. The fourth-order valence-electron chi connectivity index (χ4n) is 2.06. The van der Waals surface area contributed by atoms with Gasteiger partial charge >= 0.3 is 0 Å². The molecule has 0 spiro atoms. The molecule has 0 radical (unpaired) electrons. The first-order valence-corrected chi connectivity index (χ1v) is 6.17. The van der Waals surface area contributed by atoms with Crippen LogP contribution in [0.25, 0.3) is 10.9 Å². The van der Waals surface area contributed by atoms with E-state index < -0.39 is 5.82 Å². The fraction of sp³-hybridized carbons (Fsp3) is 0. The lowest BCUT2D eigenvalue weighted by Gasteiger charge is -2.10. The Morgan fingerprint density at radius 1 is 1.10 bits per heavy atom. The van der Waals surface area contributed by atoms with Crippen LogP contribution in [0.4, 0.5) is 21.8 Å². The SMILES string of the molecule is N#Cc1c(F)cccc1Nc1nc(N)nc2ccccc12. The van der Waals surface area contributed by atoms with E-state index in [1.165, 1.54) is 12.1 Å². The Bertz CT molecular complexity index is 870. The summed E-state index contributed by atoms with van der Waals surface area (Å²) in [5, 5.41) is 12.7. The number of nitrogen functional groups attached to an aromatic ring is 1. The fourth-order valence-corrected chi connectivity index (χ4v) is 2.06. The van der Waals surface area contributed by atoms with Gasteiger partial charge in [-0.05, 0) is 24.3 Å². The molecule has 0 aliphatic rings. The predicted molar refractivity (Wildman–Crippen MR) is 78.3 cm³/mol. The second-order valence-electron chi connectivity index (χ2n) is 4.35. The van der Waals surface area contributed by atoms with Crippen molar-refractivity contribution in [1.29, 1.82) is 5.26 Å². The quantitative estimate of drug-likeness (QED) is 0.753. The van der Waals surface area contributed by atoms with Crippen LogP contribution in [0.2, 0.25) is 0 Å². The van der Waals surface area contributed by atoms with Crippen molar-refractivity contribution < 1.29 is 4.39 Å². The van der Waals surface area contributed by atoms with Gasteiger partial charge < -0.3 is 11.1 Å². The summed E-state index contributed by atoms with van der Waals surface area (Å²) in [5.74, 6) is -0.0554. The third kappa shape index (κ3) is 2.32. The van der Waals surface area contributed by atoms with Crippen LogP contribution in [0.5, 0.6) is 0 Å². The van der Waals surface area contributed by atoms with Gasteiger partial charge in [0.2, 0.25) is 5.95 Å². The molecule has 3 N–H and O–H groups in total. The van der Waals surface area contributed by atoms with Crippen LogP contribution in [-0.4, -0.2) is 9.97 Å². The lowest BCUT2D eigenvalue weighted by Crippen LogP contribution is -2.03. The first-order valence-electron chi connectivity index (χ1n) is 6.17. The highest BCUT2D eigenvalue weighted by molar-refractivity contribution is 5.92. The molecule has 0 aliphatic heterocycles. The van der Waals surface area contributed by atoms with Crippen LogP contribution < -0.4 is 11.1 Å². The topological polar surface area (TPSA) is 87.6 Å². The van der Waals surface area contributed by atoms with Gasteiger partial charge in [-0.2, -0.15) is 10.2 Å². The zero-order chi connectivity index (χ0) is 14.8. The molecule has 0 atom stereocenters. The third-order valence-electron chi connectivity index (χ3n) is 3.00. The number of nitrogens with one attached hydrogen (secondary N) is 1. The molecule has 6 heteroatoms. The lowest BCUT2D eigenvalue weighted by atomic mass is 10.1. The molecule has 0 amide bonds. The van der Waals surface area contributed by atoms with Crippen LogP contribution in [0.15, 0.2) is 42.5 Å². The number of fused-ring (bicyclic) bond motifs is 1. The zero-order valence-corrected chi connectivity index (χ0v) is 10.8. The summed E-state index contributed by atoms with van der Waals surface area (Å²) in [4.78, 5) is 8.25. The van der Waals surface area contributed by atoms with E-state index in [2.05, 4.69) is 15.3 Å². The van der Waals surface area contributed by atoms with Crippen LogP contribution in [0.1, 0.15) is 5.56 Å². The van der Waals surface area contributed by atoms with Gasteiger partial charge in [-0.25, -0.2) is 9.37 Å². The van der Waals surface area contributed by atoms with Crippen molar-refractivity contribution in [1.82, 2.24) is 9.97 Å². The van der Waals surface area contributed by atoms with Gasteiger partial charge in [0.25, 0.3) is 0 Å². The molecule has 3 aromatic rings. The van der Waals surface area contributed by atoms with Gasteiger partial charge in [0, 0.05) is 5.39 Å². The molecule has 0 bridgehead atoms. The maximum Gasteiger partial charge on any atom is 0.222 e. The molecule has 102 valence electrons. The smallest absolute Gasteiger partial charge is 0.222 e. The van der Waals surface area contributed by atoms with Crippen molar-refractivity contribution in [3.63, 3.8) is 0 Å². The number of hydrogen-bond acceptors (Lipinski definition) is 5. The largest absolute Gasteiger partial charge is 0.368 e. The van der Waals surface area contributed by atoms with Crippen LogP contribution in [0, 0.1) is 17.1 Å². The van der Waals surface area contributed by atoms with E-state index in [4.69, 9.17) is 11.0 Å². The van der Waals surface area contributed by atoms with Gasteiger partial charge in [-0.3, -0.25) is 0 Å². The standard InChI is InChI=1S/C15H10FN5/c16-11-5-3-7-13(10(11)8-17)19-14-9-4-1-2-6-12(9)20-15(18)21-14/h1-7H,(H3,18,19,20,21). The average molecular weight is 279 g/mol. The molecule has 0 saturated carbocycles. The highest BCUT2D eigenvalue weighted by Crippen LogP contribution is 2.27. The third-order valence-corrected chi connectivity index (χ3v) is 3.00. The van der Waals surface area contributed by atoms with Crippen molar-refractivity contribution in [2.45, 2.75) is 0 Å². The van der Waals surface area contributed by atoms with Crippen molar-refractivity contribution in [2.75, 3.05) is 11.1 Å². The summed E-state index contributed by atoms with van der Waals surface area (Å²) in [6, 6.07) is 13.5. The lowest BCUT2D eigenvalue weighted by molar-refractivity contribution is 0.624. The number of rotatable bonds is 2. The Morgan fingerprint density at radius 3 is 2.71 bits per heavy atom. The van der Waals surface area contributed by atoms with Gasteiger partial charge in [-0.15, -0.1) is 0 Å². The second-order valence-corrected chi connectivity index (χ2v) is 4.35. The number of anilines is 3. The first-order chi connectivity index (χ1) is 10.2. The molecule has 2 aromatic carbocycles. The van der Waals surface area contributed by atoms with Gasteiger partial charge in [-0.1, -0.05) is 18.2 Å². The van der Waals surface area contributed by atoms with Crippen molar-refractivity contribution >= 4 is 28.4 Å². The minimum Gasteiger partial charge on any atom is -0.368 e. The highest BCUT2D eigenvalue weighted by Gasteiger charge is 2.11. The molecule has 5 nitrogen and oxygen atoms in total. The van der Waals surface area contributed by atoms with Crippen molar-refractivity contribution in [2.24, 2.45) is 0 Å². The van der Waals surface area contributed by atoms with E-state index in [-0.39, 0.29) is 11.5 Å². The van der Waals surface area contributed by atoms with Crippen LogP contribution in [0.3, 0.4) is 0 Å². The Kier molecular flexibility index (Phi) is 3.09.